The number of carbonyl (C=O) groups is 1. The molecule has 0 spiro atoms. The van der Waals surface area contributed by atoms with E-state index >= 15 is 0 Å². The first-order chi connectivity index (χ1) is 8.99. The van der Waals surface area contributed by atoms with Crippen molar-refractivity contribution in [2.75, 3.05) is 11.1 Å². The zero-order valence-electron chi connectivity index (χ0n) is 10.6. The Morgan fingerprint density at radius 2 is 2.21 bits per heavy atom. The molecule has 100 valence electrons. The van der Waals surface area contributed by atoms with E-state index in [-0.39, 0.29) is 11.6 Å². The van der Waals surface area contributed by atoms with Crippen LogP contribution in [0.3, 0.4) is 0 Å². The van der Waals surface area contributed by atoms with Gasteiger partial charge in [0.1, 0.15) is 0 Å². The number of nitrogens with two attached hydrogens (primary N) is 1. The molecule has 1 amide bonds. The minimum absolute atomic E-state index is 0.280. The van der Waals surface area contributed by atoms with Crippen LogP contribution >= 0.6 is 22.9 Å². The van der Waals surface area contributed by atoms with E-state index in [4.69, 9.17) is 17.3 Å². The number of para-hydroxylation sites is 1. The largest absolute Gasteiger partial charge is 0.397 e. The third-order valence-electron chi connectivity index (χ3n) is 2.63. The highest BCUT2D eigenvalue weighted by Gasteiger charge is 2.14. The number of benzene rings is 1. The zero-order chi connectivity index (χ0) is 14.0. The third kappa shape index (κ3) is 3.05. The van der Waals surface area contributed by atoms with Gasteiger partial charge in [-0.25, -0.2) is 4.98 Å². The van der Waals surface area contributed by atoms with Crippen molar-refractivity contribution in [3.8, 4) is 0 Å². The molecule has 0 unspecified atom stereocenters. The summed E-state index contributed by atoms with van der Waals surface area (Å²) in [5.41, 5.74) is 7.37. The summed E-state index contributed by atoms with van der Waals surface area (Å²) in [5, 5.41) is 5.60. The number of nitrogen functional groups attached to an aromatic ring is 1. The van der Waals surface area contributed by atoms with Gasteiger partial charge < -0.3 is 5.73 Å². The fraction of sp³-hybridized carbons (Fsp3) is 0.231. The minimum Gasteiger partial charge on any atom is -0.397 e. The zero-order valence-corrected chi connectivity index (χ0v) is 12.2. The highest BCUT2D eigenvalue weighted by atomic mass is 35.5. The van der Waals surface area contributed by atoms with Crippen LogP contribution in [-0.2, 0) is 0 Å². The van der Waals surface area contributed by atoms with Gasteiger partial charge in [-0.3, -0.25) is 10.1 Å². The summed E-state index contributed by atoms with van der Waals surface area (Å²) >= 11 is 7.28. The van der Waals surface area contributed by atoms with Gasteiger partial charge in [0.05, 0.1) is 22.0 Å². The molecule has 2 rings (SSSR count). The molecule has 19 heavy (non-hydrogen) atoms. The maximum Gasteiger partial charge on any atom is 0.259 e. The van der Waals surface area contributed by atoms with Crippen molar-refractivity contribution in [1.82, 2.24) is 4.98 Å². The summed E-state index contributed by atoms with van der Waals surface area (Å²) in [6, 6.07) is 4.97. The molecule has 0 bridgehead atoms. The number of carbonyl (C=O) groups excluding carboxylic acids is 1. The van der Waals surface area contributed by atoms with E-state index in [2.05, 4.69) is 24.1 Å². The maximum atomic E-state index is 12.1. The molecule has 0 saturated heterocycles. The Balaban J connectivity index is 2.18. The number of anilines is 2. The lowest BCUT2D eigenvalue weighted by molar-refractivity contribution is 0.102. The average molecular weight is 296 g/mol. The number of hydrogen-bond donors (Lipinski definition) is 2. The Hall–Kier alpha value is -1.59. The predicted octanol–water partition coefficient (Wildman–Crippen LogP) is 3.75. The van der Waals surface area contributed by atoms with Gasteiger partial charge in [-0.05, 0) is 18.1 Å². The molecule has 1 aromatic carbocycles. The first-order valence-corrected chi connectivity index (χ1v) is 7.05. The number of thiazole rings is 1. The van der Waals surface area contributed by atoms with Crippen molar-refractivity contribution in [3.63, 3.8) is 0 Å². The van der Waals surface area contributed by atoms with E-state index in [0.29, 0.717) is 21.6 Å². The van der Waals surface area contributed by atoms with Crippen molar-refractivity contribution in [2.45, 2.75) is 19.8 Å². The highest BCUT2D eigenvalue weighted by Crippen LogP contribution is 2.25. The monoisotopic (exact) mass is 295 g/mol. The van der Waals surface area contributed by atoms with Crippen LogP contribution in [0.1, 0.15) is 35.8 Å². The fourth-order valence-corrected chi connectivity index (χ4v) is 2.55. The lowest BCUT2D eigenvalue weighted by Gasteiger charge is -2.06. The topological polar surface area (TPSA) is 68.0 Å². The Morgan fingerprint density at radius 1 is 1.47 bits per heavy atom. The second-order valence-electron chi connectivity index (χ2n) is 4.39. The number of rotatable bonds is 3. The molecule has 0 atom stereocenters. The predicted molar refractivity (Wildman–Crippen MR) is 80.0 cm³/mol. The number of amides is 1. The Bertz CT molecular complexity index is 610. The van der Waals surface area contributed by atoms with E-state index in [9.17, 15) is 4.79 Å². The number of hydrogen-bond acceptors (Lipinski definition) is 4. The van der Waals surface area contributed by atoms with E-state index < -0.39 is 0 Å². The summed E-state index contributed by atoms with van der Waals surface area (Å²) in [6.45, 7) is 4.10. The highest BCUT2D eigenvalue weighted by molar-refractivity contribution is 7.14. The van der Waals surface area contributed by atoms with Gasteiger partial charge in [0.25, 0.3) is 5.91 Å². The summed E-state index contributed by atoms with van der Waals surface area (Å²) in [6.07, 6.45) is 0. The van der Waals surface area contributed by atoms with Gasteiger partial charge in [0, 0.05) is 5.38 Å². The molecule has 0 aliphatic heterocycles. The molecule has 0 saturated carbocycles. The molecule has 3 N–H and O–H groups in total. The lowest BCUT2D eigenvalue weighted by atomic mass is 10.1. The fourth-order valence-electron chi connectivity index (χ4n) is 1.51. The van der Waals surface area contributed by atoms with E-state index in [1.54, 1.807) is 18.2 Å². The van der Waals surface area contributed by atoms with Crippen LogP contribution in [0.4, 0.5) is 10.8 Å². The normalized spacial score (nSPS) is 10.7. The molecule has 0 fully saturated rings. The molecule has 0 aliphatic rings. The maximum absolute atomic E-state index is 12.1. The van der Waals surface area contributed by atoms with E-state index in [0.717, 1.165) is 5.69 Å². The Kier molecular flexibility index (Phi) is 4.07. The lowest BCUT2D eigenvalue weighted by Crippen LogP contribution is -2.14. The molecule has 1 aromatic heterocycles. The Morgan fingerprint density at radius 3 is 2.84 bits per heavy atom. The van der Waals surface area contributed by atoms with Crippen LogP contribution in [-0.4, -0.2) is 10.9 Å². The smallest absolute Gasteiger partial charge is 0.259 e. The first-order valence-electron chi connectivity index (χ1n) is 5.79. The van der Waals surface area contributed by atoms with Crippen molar-refractivity contribution in [3.05, 3.63) is 39.9 Å². The first kappa shape index (κ1) is 13.8. The van der Waals surface area contributed by atoms with Crippen molar-refractivity contribution in [2.24, 2.45) is 0 Å². The van der Waals surface area contributed by atoms with Gasteiger partial charge in [-0.2, -0.15) is 0 Å². The van der Waals surface area contributed by atoms with Gasteiger partial charge >= 0.3 is 0 Å². The molecule has 0 radical (unpaired) electrons. The second-order valence-corrected chi connectivity index (χ2v) is 5.65. The van der Waals surface area contributed by atoms with Crippen molar-refractivity contribution < 1.29 is 4.79 Å². The summed E-state index contributed by atoms with van der Waals surface area (Å²) < 4.78 is 0. The average Bonchev–Trinajstić information content (AvgIpc) is 2.81. The number of nitrogens with zero attached hydrogens (tertiary/aromatic N) is 1. The van der Waals surface area contributed by atoms with Crippen LogP contribution in [0.25, 0.3) is 0 Å². The summed E-state index contributed by atoms with van der Waals surface area (Å²) in [4.78, 5) is 16.4. The SMILES string of the molecule is CC(C)c1csc(NC(=O)c2cccc(Cl)c2N)n1. The number of halogens is 1. The van der Waals surface area contributed by atoms with Crippen molar-refractivity contribution >= 4 is 39.7 Å². The van der Waals surface area contributed by atoms with Gasteiger partial charge in [0.2, 0.25) is 0 Å². The number of aromatic nitrogens is 1. The molecule has 2 aromatic rings. The standard InChI is InChI=1S/C13H14ClN3OS/c1-7(2)10-6-19-13(16-10)17-12(18)8-4-3-5-9(14)11(8)15/h3-7H,15H2,1-2H3,(H,16,17,18). The molecule has 0 aliphatic carbocycles. The van der Waals surface area contributed by atoms with Crippen LogP contribution in [0.5, 0.6) is 0 Å². The quantitative estimate of drug-likeness (QED) is 0.847. The van der Waals surface area contributed by atoms with Crippen LogP contribution in [0.15, 0.2) is 23.6 Å². The molecular weight excluding hydrogens is 282 g/mol. The number of nitrogens with one attached hydrogen (secondary N) is 1. The minimum atomic E-state index is -0.301. The van der Waals surface area contributed by atoms with E-state index in [1.807, 2.05) is 5.38 Å². The van der Waals surface area contributed by atoms with Crippen molar-refractivity contribution in [1.29, 1.82) is 0 Å². The van der Waals surface area contributed by atoms with Gasteiger partial charge in [-0.15, -0.1) is 11.3 Å². The van der Waals surface area contributed by atoms with Gasteiger partial charge in [0.15, 0.2) is 5.13 Å². The molecule has 1 heterocycles. The van der Waals surface area contributed by atoms with Crippen LogP contribution in [0, 0.1) is 0 Å². The molecule has 6 heteroatoms. The Labute approximate surface area is 120 Å². The molecular formula is C13H14ClN3OS. The summed E-state index contributed by atoms with van der Waals surface area (Å²) in [5.74, 6) is 0.0304. The van der Waals surface area contributed by atoms with Crippen LogP contribution in [0.2, 0.25) is 5.02 Å². The third-order valence-corrected chi connectivity index (χ3v) is 3.74. The second kappa shape index (κ2) is 5.59. The van der Waals surface area contributed by atoms with E-state index in [1.165, 1.54) is 11.3 Å². The summed E-state index contributed by atoms with van der Waals surface area (Å²) in [7, 11) is 0. The van der Waals surface area contributed by atoms with Gasteiger partial charge in [-0.1, -0.05) is 31.5 Å². The van der Waals surface area contributed by atoms with Crippen LogP contribution < -0.4 is 11.1 Å². The molecule has 4 nitrogen and oxygen atoms in total.